The van der Waals surface area contributed by atoms with Gasteiger partial charge in [-0.2, -0.15) is 0 Å². The Morgan fingerprint density at radius 2 is 2.17 bits per heavy atom. The predicted octanol–water partition coefficient (Wildman–Crippen LogP) is 3.68. The highest BCUT2D eigenvalue weighted by atomic mass is 79.9. The van der Waals surface area contributed by atoms with Crippen LogP contribution in [0.4, 0.5) is 0 Å². The SMILES string of the molecule is Cc1ccccc1CC(=O)NCc1cc(Br)cs1. The van der Waals surface area contributed by atoms with Gasteiger partial charge in [-0.3, -0.25) is 4.79 Å². The third kappa shape index (κ3) is 3.68. The summed E-state index contributed by atoms with van der Waals surface area (Å²) in [5, 5.41) is 4.96. The lowest BCUT2D eigenvalue weighted by molar-refractivity contribution is -0.120. The number of carbonyl (C=O) groups is 1. The zero-order valence-electron chi connectivity index (χ0n) is 10.1. The molecule has 0 fully saturated rings. The Morgan fingerprint density at radius 1 is 1.39 bits per heavy atom. The van der Waals surface area contributed by atoms with E-state index in [2.05, 4.69) is 21.2 Å². The molecule has 0 atom stereocenters. The zero-order valence-corrected chi connectivity index (χ0v) is 12.5. The largest absolute Gasteiger partial charge is 0.351 e. The summed E-state index contributed by atoms with van der Waals surface area (Å²) in [6, 6.07) is 10.0. The summed E-state index contributed by atoms with van der Waals surface area (Å²) >= 11 is 5.04. The molecule has 0 radical (unpaired) electrons. The highest BCUT2D eigenvalue weighted by Crippen LogP contribution is 2.19. The molecule has 94 valence electrons. The molecule has 1 N–H and O–H groups in total. The van der Waals surface area contributed by atoms with E-state index < -0.39 is 0 Å². The Morgan fingerprint density at radius 3 is 2.83 bits per heavy atom. The van der Waals surface area contributed by atoms with Crippen LogP contribution in [0.5, 0.6) is 0 Å². The molecular weight excluding hydrogens is 310 g/mol. The Labute approximate surface area is 119 Å². The molecule has 0 saturated carbocycles. The van der Waals surface area contributed by atoms with E-state index in [-0.39, 0.29) is 5.91 Å². The monoisotopic (exact) mass is 323 g/mol. The van der Waals surface area contributed by atoms with E-state index in [1.807, 2.05) is 42.6 Å². The number of hydrogen-bond acceptors (Lipinski definition) is 2. The molecule has 2 aromatic rings. The second-order valence-corrected chi connectivity index (χ2v) is 6.02. The summed E-state index contributed by atoms with van der Waals surface area (Å²) in [5.74, 6) is 0.0637. The Balaban J connectivity index is 1.88. The van der Waals surface area contributed by atoms with Crippen LogP contribution in [0.3, 0.4) is 0 Å². The van der Waals surface area contributed by atoms with Crippen molar-refractivity contribution >= 4 is 33.2 Å². The van der Waals surface area contributed by atoms with Crippen molar-refractivity contribution in [2.24, 2.45) is 0 Å². The number of aryl methyl sites for hydroxylation is 1. The molecule has 1 aromatic heterocycles. The van der Waals surface area contributed by atoms with Crippen molar-refractivity contribution in [1.82, 2.24) is 5.32 Å². The van der Waals surface area contributed by atoms with Crippen molar-refractivity contribution in [1.29, 1.82) is 0 Å². The third-order valence-electron chi connectivity index (χ3n) is 2.69. The van der Waals surface area contributed by atoms with Crippen LogP contribution in [-0.2, 0) is 17.8 Å². The number of rotatable bonds is 4. The minimum absolute atomic E-state index is 0.0637. The predicted molar refractivity (Wildman–Crippen MR) is 78.7 cm³/mol. The van der Waals surface area contributed by atoms with Gasteiger partial charge >= 0.3 is 0 Å². The summed E-state index contributed by atoms with van der Waals surface area (Å²) < 4.78 is 1.07. The van der Waals surface area contributed by atoms with Gasteiger partial charge in [0.1, 0.15) is 0 Å². The number of hydrogen-bond donors (Lipinski definition) is 1. The quantitative estimate of drug-likeness (QED) is 0.913. The first kappa shape index (κ1) is 13.3. The highest BCUT2D eigenvalue weighted by molar-refractivity contribution is 9.10. The van der Waals surface area contributed by atoms with Gasteiger partial charge in [0.25, 0.3) is 0 Å². The van der Waals surface area contributed by atoms with Gasteiger partial charge in [0.2, 0.25) is 5.91 Å². The molecule has 1 heterocycles. The van der Waals surface area contributed by atoms with Crippen molar-refractivity contribution in [2.45, 2.75) is 19.9 Å². The van der Waals surface area contributed by atoms with Gasteiger partial charge in [-0.25, -0.2) is 0 Å². The van der Waals surface area contributed by atoms with Crippen LogP contribution in [0.25, 0.3) is 0 Å². The lowest BCUT2D eigenvalue weighted by Gasteiger charge is -2.06. The van der Waals surface area contributed by atoms with Gasteiger partial charge in [0.05, 0.1) is 13.0 Å². The van der Waals surface area contributed by atoms with E-state index in [4.69, 9.17) is 0 Å². The Bertz CT molecular complexity index is 550. The van der Waals surface area contributed by atoms with Gasteiger partial charge in [0.15, 0.2) is 0 Å². The van der Waals surface area contributed by atoms with Crippen molar-refractivity contribution in [3.8, 4) is 0 Å². The van der Waals surface area contributed by atoms with Gasteiger partial charge in [-0.05, 0) is 40.0 Å². The third-order valence-corrected chi connectivity index (χ3v) is 4.39. The summed E-state index contributed by atoms with van der Waals surface area (Å²) in [6.07, 6.45) is 0.444. The maximum absolute atomic E-state index is 11.8. The molecule has 2 rings (SSSR count). The van der Waals surface area contributed by atoms with Crippen LogP contribution >= 0.6 is 27.3 Å². The van der Waals surface area contributed by atoms with Gasteiger partial charge < -0.3 is 5.32 Å². The number of thiophene rings is 1. The Kier molecular flexibility index (Phi) is 4.55. The fraction of sp³-hybridized carbons (Fsp3) is 0.214. The average Bonchev–Trinajstić information content (AvgIpc) is 2.76. The fourth-order valence-electron chi connectivity index (χ4n) is 1.68. The highest BCUT2D eigenvalue weighted by Gasteiger charge is 2.06. The lowest BCUT2D eigenvalue weighted by atomic mass is 10.1. The average molecular weight is 324 g/mol. The normalized spacial score (nSPS) is 10.3. The first-order chi connectivity index (χ1) is 8.65. The molecule has 0 aliphatic carbocycles. The standard InChI is InChI=1S/C14H14BrNOS/c1-10-4-2-3-5-11(10)6-14(17)16-8-13-7-12(15)9-18-13/h2-5,7,9H,6,8H2,1H3,(H,16,17). The second kappa shape index (κ2) is 6.16. The molecular formula is C14H14BrNOS. The van der Waals surface area contributed by atoms with E-state index in [9.17, 15) is 4.79 Å². The van der Waals surface area contributed by atoms with Crippen LogP contribution in [-0.4, -0.2) is 5.91 Å². The van der Waals surface area contributed by atoms with E-state index in [0.717, 1.165) is 20.5 Å². The summed E-state index contributed by atoms with van der Waals surface area (Å²) in [4.78, 5) is 13.0. The fourth-order valence-corrected chi connectivity index (χ4v) is 3.07. The van der Waals surface area contributed by atoms with E-state index >= 15 is 0 Å². The Hall–Kier alpha value is -1.13. The van der Waals surface area contributed by atoms with Crippen LogP contribution in [0.15, 0.2) is 40.2 Å². The van der Waals surface area contributed by atoms with Crippen molar-refractivity contribution in [3.05, 3.63) is 56.2 Å². The van der Waals surface area contributed by atoms with Gasteiger partial charge in [0, 0.05) is 14.7 Å². The molecule has 0 unspecified atom stereocenters. The molecule has 18 heavy (non-hydrogen) atoms. The topological polar surface area (TPSA) is 29.1 Å². The zero-order chi connectivity index (χ0) is 13.0. The second-order valence-electron chi connectivity index (χ2n) is 4.11. The smallest absolute Gasteiger partial charge is 0.224 e. The molecule has 0 saturated heterocycles. The van der Waals surface area contributed by atoms with Crippen LogP contribution in [0, 0.1) is 6.92 Å². The first-order valence-electron chi connectivity index (χ1n) is 5.69. The molecule has 4 heteroatoms. The number of carbonyl (C=O) groups excluding carboxylic acids is 1. The molecule has 0 bridgehead atoms. The molecule has 0 aliphatic rings. The minimum atomic E-state index is 0.0637. The maximum Gasteiger partial charge on any atom is 0.224 e. The number of halogens is 1. The van der Waals surface area contributed by atoms with E-state index in [1.54, 1.807) is 11.3 Å². The van der Waals surface area contributed by atoms with Crippen molar-refractivity contribution in [2.75, 3.05) is 0 Å². The van der Waals surface area contributed by atoms with Gasteiger partial charge in [-0.15, -0.1) is 11.3 Å². The van der Waals surface area contributed by atoms with E-state index in [1.165, 1.54) is 0 Å². The van der Waals surface area contributed by atoms with Crippen LogP contribution in [0.2, 0.25) is 0 Å². The van der Waals surface area contributed by atoms with Crippen molar-refractivity contribution in [3.63, 3.8) is 0 Å². The molecule has 0 aliphatic heterocycles. The number of nitrogens with one attached hydrogen (secondary N) is 1. The molecule has 2 nitrogen and oxygen atoms in total. The first-order valence-corrected chi connectivity index (χ1v) is 7.36. The maximum atomic E-state index is 11.8. The van der Waals surface area contributed by atoms with Crippen LogP contribution < -0.4 is 5.32 Å². The minimum Gasteiger partial charge on any atom is -0.351 e. The van der Waals surface area contributed by atoms with Crippen LogP contribution in [0.1, 0.15) is 16.0 Å². The summed E-state index contributed by atoms with van der Waals surface area (Å²) in [6.45, 7) is 2.62. The summed E-state index contributed by atoms with van der Waals surface area (Å²) in [5.41, 5.74) is 2.24. The lowest BCUT2D eigenvalue weighted by Crippen LogP contribution is -2.24. The molecule has 1 amide bonds. The molecule has 0 spiro atoms. The van der Waals surface area contributed by atoms with Gasteiger partial charge in [-0.1, -0.05) is 24.3 Å². The number of amides is 1. The number of benzene rings is 1. The van der Waals surface area contributed by atoms with Crippen molar-refractivity contribution < 1.29 is 4.79 Å². The molecule has 1 aromatic carbocycles. The van der Waals surface area contributed by atoms with E-state index in [0.29, 0.717) is 13.0 Å². The summed E-state index contributed by atoms with van der Waals surface area (Å²) in [7, 11) is 0.